The van der Waals surface area contributed by atoms with Crippen LogP contribution in [0, 0.1) is 6.92 Å². The molecule has 0 unspecified atom stereocenters. The van der Waals surface area contributed by atoms with E-state index in [0.29, 0.717) is 11.4 Å². The van der Waals surface area contributed by atoms with E-state index in [1.54, 1.807) is 12.3 Å². The standard InChI is InChI=1S/C17H19N3O2/c1-13-4-6-15(22-13)7-9-17(21)19-14-5-8-16(18-12-14)20-10-2-3-11-20/h4-9,12H,2-3,10-11H2,1H3,(H,19,21)/b9-7+. The number of rotatable bonds is 4. The highest BCUT2D eigenvalue weighted by molar-refractivity contribution is 6.01. The molecule has 114 valence electrons. The lowest BCUT2D eigenvalue weighted by Crippen LogP contribution is -2.18. The van der Waals surface area contributed by atoms with Crippen molar-refractivity contribution >= 4 is 23.5 Å². The SMILES string of the molecule is Cc1ccc(/C=C/C(=O)Nc2ccc(N3CCCC3)nc2)o1. The molecule has 2 aromatic heterocycles. The molecule has 1 fully saturated rings. The number of amides is 1. The molecule has 0 aromatic carbocycles. The van der Waals surface area contributed by atoms with Crippen molar-refractivity contribution in [3.8, 4) is 0 Å². The Morgan fingerprint density at radius 2 is 2.09 bits per heavy atom. The Morgan fingerprint density at radius 1 is 1.27 bits per heavy atom. The predicted octanol–water partition coefficient (Wildman–Crippen LogP) is 3.24. The van der Waals surface area contributed by atoms with Gasteiger partial charge in [-0.25, -0.2) is 4.98 Å². The molecule has 1 aliphatic heterocycles. The molecule has 5 nitrogen and oxygen atoms in total. The monoisotopic (exact) mass is 297 g/mol. The van der Waals surface area contributed by atoms with E-state index in [0.717, 1.165) is 24.7 Å². The van der Waals surface area contributed by atoms with Gasteiger partial charge in [0.05, 0.1) is 11.9 Å². The van der Waals surface area contributed by atoms with Gasteiger partial charge in [-0.15, -0.1) is 0 Å². The Labute approximate surface area is 129 Å². The van der Waals surface area contributed by atoms with Crippen molar-refractivity contribution in [2.45, 2.75) is 19.8 Å². The molecule has 0 radical (unpaired) electrons. The number of aromatic nitrogens is 1. The number of nitrogens with zero attached hydrogens (tertiary/aromatic N) is 2. The van der Waals surface area contributed by atoms with Crippen LogP contribution in [-0.2, 0) is 4.79 Å². The van der Waals surface area contributed by atoms with Crippen LogP contribution in [0.5, 0.6) is 0 Å². The van der Waals surface area contributed by atoms with Gasteiger partial charge in [-0.1, -0.05) is 0 Å². The molecule has 0 spiro atoms. The van der Waals surface area contributed by atoms with Crippen molar-refractivity contribution in [1.82, 2.24) is 4.98 Å². The molecular weight excluding hydrogens is 278 g/mol. The average molecular weight is 297 g/mol. The van der Waals surface area contributed by atoms with Crippen LogP contribution in [0.15, 0.2) is 41.0 Å². The van der Waals surface area contributed by atoms with Crippen LogP contribution < -0.4 is 10.2 Å². The third-order valence-electron chi connectivity index (χ3n) is 3.61. The first-order chi connectivity index (χ1) is 10.7. The maximum atomic E-state index is 11.9. The van der Waals surface area contributed by atoms with Gasteiger partial charge in [0.2, 0.25) is 5.91 Å². The molecule has 0 saturated carbocycles. The normalized spacial score (nSPS) is 14.7. The first-order valence-corrected chi connectivity index (χ1v) is 7.47. The molecule has 5 heteroatoms. The van der Waals surface area contributed by atoms with Gasteiger partial charge in [0, 0.05) is 19.2 Å². The van der Waals surface area contributed by atoms with Crippen molar-refractivity contribution in [3.05, 3.63) is 48.1 Å². The average Bonchev–Trinajstić information content (AvgIpc) is 3.17. The smallest absolute Gasteiger partial charge is 0.248 e. The molecular formula is C17H19N3O2. The Balaban J connectivity index is 1.58. The first kappa shape index (κ1) is 14.4. The summed E-state index contributed by atoms with van der Waals surface area (Å²) in [6.45, 7) is 3.99. The van der Waals surface area contributed by atoms with E-state index in [1.807, 2.05) is 31.2 Å². The minimum absolute atomic E-state index is 0.204. The fourth-order valence-corrected chi connectivity index (χ4v) is 2.48. The zero-order valence-electron chi connectivity index (χ0n) is 12.6. The van der Waals surface area contributed by atoms with Gasteiger partial charge in [0.25, 0.3) is 0 Å². The summed E-state index contributed by atoms with van der Waals surface area (Å²) in [5, 5.41) is 2.79. The minimum Gasteiger partial charge on any atom is -0.462 e. The maximum Gasteiger partial charge on any atom is 0.248 e. The van der Waals surface area contributed by atoms with Gasteiger partial charge in [0.1, 0.15) is 17.3 Å². The molecule has 1 saturated heterocycles. The van der Waals surface area contributed by atoms with Gasteiger partial charge in [0.15, 0.2) is 0 Å². The van der Waals surface area contributed by atoms with E-state index in [2.05, 4.69) is 15.2 Å². The second kappa shape index (κ2) is 6.47. The third kappa shape index (κ3) is 3.55. The number of carbonyl (C=O) groups is 1. The fourth-order valence-electron chi connectivity index (χ4n) is 2.48. The Bertz CT molecular complexity index is 667. The van der Waals surface area contributed by atoms with Crippen LogP contribution in [0.3, 0.4) is 0 Å². The number of pyridine rings is 1. The summed E-state index contributed by atoms with van der Waals surface area (Å²) < 4.78 is 5.37. The lowest BCUT2D eigenvalue weighted by molar-refractivity contribution is -0.111. The Morgan fingerprint density at radius 3 is 2.73 bits per heavy atom. The molecule has 0 aliphatic carbocycles. The van der Waals surface area contributed by atoms with Crippen molar-refractivity contribution in [3.63, 3.8) is 0 Å². The van der Waals surface area contributed by atoms with Gasteiger partial charge in [-0.05, 0) is 50.1 Å². The number of furan rings is 1. The van der Waals surface area contributed by atoms with Gasteiger partial charge >= 0.3 is 0 Å². The molecule has 2 aromatic rings. The molecule has 1 amide bonds. The summed E-state index contributed by atoms with van der Waals surface area (Å²) in [4.78, 5) is 18.5. The molecule has 0 bridgehead atoms. The third-order valence-corrected chi connectivity index (χ3v) is 3.61. The van der Waals surface area contributed by atoms with E-state index in [4.69, 9.17) is 4.42 Å². The van der Waals surface area contributed by atoms with Gasteiger partial charge in [-0.3, -0.25) is 4.79 Å². The first-order valence-electron chi connectivity index (χ1n) is 7.47. The van der Waals surface area contributed by atoms with Gasteiger partial charge < -0.3 is 14.6 Å². The quantitative estimate of drug-likeness (QED) is 0.880. The summed E-state index contributed by atoms with van der Waals surface area (Å²) in [6.07, 6.45) is 7.23. The molecule has 1 N–H and O–H groups in total. The highest BCUT2D eigenvalue weighted by Crippen LogP contribution is 2.19. The fraction of sp³-hybridized carbons (Fsp3) is 0.294. The molecule has 3 rings (SSSR count). The molecule has 3 heterocycles. The van der Waals surface area contributed by atoms with Crippen molar-refractivity contribution in [1.29, 1.82) is 0 Å². The summed E-state index contributed by atoms with van der Waals surface area (Å²) in [6, 6.07) is 7.51. The van der Waals surface area contributed by atoms with E-state index in [1.165, 1.54) is 18.9 Å². The second-order valence-corrected chi connectivity index (χ2v) is 5.37. The van der Waals surface area contributed by atoms with Crippen LogP contribution in [-0.4, -0.2) is 24.0 Å². The number of hydrogen-bond acceptors (Lipinski definition) is 4. The van der Waals surface area contributed by atoms with E-state index in [-0.39, 0.29) is 5.91 Å². The zero-order chi connectivity index (χ0) is 15.4. The zero-order valence-corrected chi connectivity index (χ0v) is 12.6. The number of carbonyl (C=O) groups excluding carboxylic acids is 1. The minimum atomic E-state index is -0.204. The van der Waals surface area contributed by atoms with Crippen LogP contribution >= 0.6 is 0 Å². The number of aryl methyl sites for hydroxylation is 1. The van der Waals surface area contributed by atoms with Crippen LogP contribution in [0.1, 0.15) is 24.4 Å². The summed E-state index contributed by atoms with van der Waals surface area (Å²) >= 11 is 0. The largest absolute Gasteiger partial charge is 0.462 e. The van der Waals surface area contributed by atoms with Crippen LogP contribution in [0.2, 0.25) is 0 Å². The highest BCUT2D eigenvalue weighted by Gasteiger charge is 2.13. The lowest BCUT2D eigenvalue weighted by atomic mass is 10.3. The maximum absolute atomic E-state index is 11.9. The number of hydrogen-bond donors (Lipinski definition) is 1. The van der Waals surface area contributed by atoms with Crippen molar-refractivity contribution in [2.24, 2.45) is 0 Å². The van der Waals surface area contributed by atoms with E-state index < -0.39 is 0 Å². The Kier molecular flexibility index (Phi) is 4.23. The second-order valence-electron chi connectivity index (χ2n) is 5.37. The van der Waals surface area contributed by atoms with E-state index in [9.17, 15) is 4.79 Å². The summed E-state index contributed by atoms with van der Waals surface area (Å²) in [5.74, 6) is 2.25. The topological polar surface area (TPSA) is 58.4 Å². The van der Waals surface area contributed by atoms with E-state index >= 15 is 0 Å². The predicted molar refractivity (Wildman–Crippen MR) is 86.8 cm³/mol. The highest BCUT2D eigenvalue weighted by atomic mass is 16.3. The summed E-state index contributed by atoms with van der Waals surface area (Å²) in [7, 11) is 0. The molecule has 0 atom stereocenters. The Hall–Kier alpha value is -2.56. The van der Waals surface area contributed by atoms with Crippen molar-refractivity contribution < 1.29 is 9.21 Å². The summed E-state index contributed by atoms with van der Waals surface area (Å²) in [5.41, 5.74) is 0.688. The molecule has 22 heavy (non-hydrogen) atoms. The van der Waals surface area contributed by atoms with Gasteiger partial charge in [-0.2, -0.15) is 0 Å². The lowest BCUT2D eigenvalue weighted by Gasteiger charge is -2.16. The number of nitrogens with one attached hydrogen (secondary N) is 1. The molecule has 1 aliphatic rings. The van der Waals surface area contributed by atoms with Crippen LogP contribution in [0.25, 0.3) is 6.08 Å². The van der Waals surface area contributed by atoms with Crippen molar-refractivity contribution in [2.75, 3.05) is 23.3 Å². The van der Waals surface area contributed by atoms with Crippen LogP contribution in [0.4, 0.5) is 11.5 Å². The number of anilines is 2.